The number of rotatable bonds is 4. The average molecular weight is 241 g/mol. The van der Waals surface area contributed by atoms with Gasteiger partial charge in [-0.1, -0.05) is 42.5 Å². The summed E-state index contributed by atoms with van der Waals surface area (Å²) in [5, 5.41) is 6.20. The molecule has 0 amide bonds. The first-order valence-electron chi connectivity index (χ1n) is 6.77. The zero-order chi connectivity index (χ0) is 13.0. The Bertz CT molecular complexity index is 508. The van der Waals surface area contributed by atoms with Crippen LogP contribution in [-0.2, 0) is 6.42 Å². The number of nitrogens with one attached hydrogen (secondary N) is 1. The average Bonchev–Trinajstić information content (AvgIpc) is 2.33. The highest BCUT2D eigenvalue weighted by Crippen LogP contribution is 2.16. The molecule has 2 rings (SSSR count). The molecule has 0 aliphatic rings. The van der Waals surface area contributed by atoms with E-state index in [2.05, 4.69) is 68.6 Å². The fraction of sp³-hybridized carbons (Fsp3) is 0.412. The van der Waals surface area contributed by atoms with E-state index >= 15 is 0 Å². The Morgan fingerprint density at radius 1 is 0.944 bits per heavy atom. The molecular formula is C17H23N. The zero-order valence-corrected chi connectivity index (χ0v) is 11.7. The van der Waals surface area contributed by atoms with E-state index in [1.165, 1.54) is 22.8 Å². The number of hydrogen-bond acceptors (Lipinski definition) is 1. The predicted octanol–water partition coefficient (Wildman–Crippen LogP) is 4.16. The summed E-state index contributed by atoms with van der Waals surface area (Å²) in [6.45, 7) is 7.71. The van der Waals surface area contributed by atoms with Crippen molar-refractivity contribution in [3.05, 3.63) is 48.0 Å². The van der Waals surface area contributed by atoms with Crippen LogP contribution in [0.4, 0.5) is 0 Å². The van der Waals surface area contributed by atoms with Gasteiger partial charge in [0.25, 0.3) is 0 Å². The van der Waals surface area contributed by atoms with Gasteiger partial charge in [0.15, 0.2) is 0 Å². The Labute approximate surface area is 110 Å². The SMILES string of the molecule is CC(C)(C)NCCCc1ccc2ccccc2c1. The molecule has 1 nitrogen and oxygen atoms in total. The molecule has 0 aromatic heterocycles. The Kier molecular flexibility index (Phi) is 4.03. The molecule has 2 aromatic rings. The van der Waals surface area contributed by atoms with Gasteiger partial charge < -0.3 is 5.32 Å². The van der Waals surface area contributed by atoms with E-state index in [-0.39, 0.29) is 5.54 Å². The minimum Gasteiger partial charge on any atom is -0.312 e. The highest BCUT2D eigenvalue weighted by atomic mass is 14.9. The van der Waals surface area contributed by atoms with E-state index < -0.39 is 0 Å². The number of aryl methyl sites for hydroxylation is 1. The maximum absolute atomic E-state index is 3.53. The lowest BCUT2D eigenvalue weighted by molar-refractivity contribution is 0.422. The Morgan fingerprint density at radius 2 is 1.67 bits per heavy atom. The molecule has 0 bridgehead atoms. The van der Waals surface area contributed by atoms with E-state index in [9.17, 15) is 0 Å². The van der Waals surface area contributed by atoms with Gasteiger partial charge in [0, 0.05) is 5.54 Å². The number of hydrogen-bond donors (Lipinski definition) is 1. The van der Waals surface area contributed by atoms with Crippen LogP contribution >= 0.6 is 0 Å². The fourth-order valence-electron chi connectivity index (χ4n) is 2.15. The summed E-state index contributed by atoms with van der Waals surface area (Å²) >= 11 is 0. The first kappa shape index (κ1) is 13.1. The van der Waals surface area contributed by atoms with Gasteiger partial charge in [0.2, 0.25) is 0 Å². The van der Waals surface area contributed by atoms with Crippen LogP contribution in [0.15, 0.2) is 42.5 Å². The normalized spacial score (nSPS) is 11.9. The van der Waals surface area contributed by atoms with Crippen LogP contribution in [0.5, 0.6) is 0 Å². The number of fused-ring (bicyclic) bond motifs is 1. The van der Waals surface area contributed by atoms with Crippen molar-refractivity contribution in [1.29, 1.82) is 0 Å². The van der Waals surface area contributed by atoms with Crippen LogP contribution in [0.3, 0.4) is 0 Å². The lowest BCUT2D eigenvalue weighted by Crippen LogP contribution is -2.36. The van der Waals surface area contributed by atoms with Crippen LogP contribution in [0.25, 0.3) is 10.8 Å². The summed E-state index contributed by atoms with van der Waals surface area (Å²) in [6.07, 6.45) is 2.34. The largest absolute Gasteiger partial charge is 0.312 e. The summed E-state index contributed by atoms with van der Waals surface area (Å²) in [4.78, 5) is 0. The van der Waals surface area contributed by atoms with Gasteiger partial charge in [-0.15, -0.1) is 0 Å². The maximum atomic E-state index is 3.53. The summed E-state index contributed by atoms with van der Waals surface area (Å²) in [7, 11) is 0. The molecule has 18 heavy (non-hydrogen) atoms. The summed E-state index contributed by atoms with van der Waals surface area (Å²) in [5.74, 6) is 0. The van der Waals surface area contributed by atoms with Crippen molar-refractivity contribution in [2.24, 2.45) is 0 Å². The van der Waals surface area contributed by atoms with Gasteiger partial charge in [0.05, 0.1) is 0 Å². The highest BCUT2D eigenvalue weighted by Gasteiger charge is 2.07. The summed E-state index contributed by atoms with van der Waals surface area (Å²) in [5.41, 5.74) is 1.66. The molecule has 2 aromatic carbocycles. The van der Waals surface area contributed by atoms with E-state index in [0.29, 0.717) is 0 Å². The third-order valence-corrected chi connectivity index (χ3v) is 3.11. The quantitative estimate of drug-likeness (QED) is 0.793. The Balaban J connectivity index is 1.92. The van der Waals surface area contributed by atoms with Crippen molar-refractivity contribution < 1.29 is 0 Å². The summed E-state index contributed by atoms with van der Waals surface area (Å²) in [6, 6.07) is 15.3. The van der Waals surface area contributed by atoms with Crippen molar-refractivity contribution in [1.82, 2.24) is 5.32 Å². The molecule has 0 saturated carbocycles. The first-order chi connectivity index (χ1) is 8.54. The van der Waals surface area contributed by atoms with Gasteiger partial charge in [-0.2, -0.15) is 0 Å². The second kappa shape index (κ2) is 5.53. The fourth-order valence-corrected chi connectivity index (χ4v) is 2.15. The molecule has 96 valence electrons. The van der Waals surface area contributed by atoms with Crippen molar-refractivity contribution >= 4 is 10.8 Å². The van der Waals surface area contributed by atoms with Crippen LogP contribution in [0.2, 0.25) is 0 Å². The van der Waals surface area contributed by atoms with E-state index in [1.807, 2.05) is 0 Å². The molecule has 0 aliphatic carbocycles. The minimum absolute atomic E-state index is 0.226. The standard InChI is InChI=1S/C17H23N/c1-17(2,3)18-12-6-7-14-10-11-15-8-4-5-9-16(15)13-14/h4-5,8-11,13,18H,6-7,12H2,1-3H3. The first-order valence-corrected chi connectivity index (χ1v) is 6.77. The van der Waals surface area contributed by atoms with Crippen molar-refractivity contribution in [2.75, 3.05) is 6.54 Å². The predicted molar refractivity (Wildman–Crippen MR) is 80.0 cm³/mol. The lowest BCUT2D eigenvalue weighted by atomic mass is 10.0. The molecule has 1 heteroatoms. The van der Waals surface area contributed by atoms with Gasteiger partial charge in [0.1, 0.15) is 0 Å². The van der Waals surface area contributed by atoms with Crippen molar-refractivity contribution in [3.8, 4) is 0 Å². The van der Waals surface area contributed by atoms with Crippen molar-refractivity contribution in [2.45, 2.75) is 39.2 Å². The van der Waals surface area contributed by atoms with E-state index in [0.717, 1.165) is 13.0 Å². The third-order valence-electron chi connectivity index (χ3n) is 3.11. The van der Waals surface area contributed by atoms with Crippen molar-refractivity contribution in [3.63, 3.8) is 0 Å². The van der Waals surface area contributed by atoms with Crippen LogP contribution < -0.4 is 5.32 Å². The molecule has 0 fully saturated rings. The van der Waals surface area contributed by atoms with Gasteiger partial charge in [-0.3, -0.25) is 0 Å². The molecule has 0 radical (unpaired) electrons. The van der Waals surface area contributed by atoms with Gasteiger partial charge in [-0.25, -0.2) is 0 Å². The molecule has 0 unspecified atom stereocenters. The van der Waals surface area contributed by atoms with Gasteiger partial charge in [-0.05, 0) is 56.5 Å². The second-order valence-electron chi connectivity index (χ2n) is 5.96. The molecule has 0 spiro atoms. The molecule has 0 saturated heterocycles. The van der Waals surface area contributed by atoms with E-state index in [4.69, 9.17) is 0 Å². The monoisotopic (exact) mass is 241 g/mol. The Morgan fingerprint density at radius 3 is 2.39 bits per heavy atom. The third kappa shape index (κ3) is 3.85. The van der Waals surface area contributed by atoms with Crippen LogP contribution in [0, 0.1) is 0 Å². The summed E-state index contributed by atoms with van der Waals surface area (Å²) < 4.78 is 0. The molecular weight excluding hydrogens is 218 g/mol. The molecule has 0 heterocycles. The topological polar surface area (TPSA) is 12.0 Å². The zero-order valence-electron chi connectivity index (χ0n) is 11.7. The second-order valence-corrected chi connectivity index (χ2v) is 5.96. The molecule has 1 N–H and O–H groups in total. The van der Waals surface area contributed by atoms with Crippen LogP contribution in [-0.4, -0.2) is 12.1 Å². The minimum atomic E-state index is 0.226. The highest BCUT2D eigenvalue weighted by molar-refractivity contribution is 5.82. The maximum Gasteiger partial charge on any atom is 0.00965 e. The molecule has 0 aliphatic heterocycles. The molecule has 0 atom stereocenters. The lowest BCUT2D eigenvalue weighted by Gasteiger charge is -2.20. The van der Waals surface area contributed by atoms with Gasteiger partial charge >= 0.3 is 0 Å². The van der Waals surface area contributed by atoms with E-state index in [1.54, 1.807) is 0 Å². The Hall–Kier alpha value is -1.34. The van der Waals surface area contributed by atoms with Crippen LogP contribution in [0.1, 0.15) is 32.8 Å². The smallest absolute Gasteiger partial charge is 0.00965 e. The number of benzene rings is 2.